The molecule has 0 bridgehead atoms. The number of carbonyl (C=O) groups is 3. The summed E-state index contributed by atoms with van der Waals surface area (Å²) in [6, 6.07) is 5.33. The Morgan fingerprint density at radius 2 is 2.04 bits per heavy atom. The number of esters is 1. The van der Waals surface area contributed by atoms with Crippen molar-refractivity contribution in [2.24, 2.45) is 0 Å². The number of alkyl halides is 1. The maximum Gasteiger partial charge on any atom is 0.426 e. The number of amides is 2. The van der Waals surface area contributed by atoms with Gasteiger partial charge in [-0.25, -0.2) is 9.10 Å². The van der Waals surface area contributed by atoms with Gasteiger partial charge in [0.05, 0.1) is 18.7 Å². The van der Waals surface area contributed by atoms with Crippen molar-refractivity contribution in [3.63, 3.8) is 0 Å². The molecule has 1 aliphatic rings. The third kappa shape index (κ3) is 5.68. The third-order valence-corrected chi connectivity index (χ3v) is 4.85. The van der Waals surface area contributed by atoms with Crippen LogP contribution in [0.4, 0.5) is 4.79 Å². The van der Waals surface area contributed by atoms with E-state index in [1.54, 1.807) is 19.1 Å². The summed E-state index contributed by atoms with van der Waals surface area (Å²) >= 11 is 6.29. The maximum atomic E-state index is 12.5. The molecule has 0 saturated carbocycles. The second kappa shape index (κ2) is 9.38. The first kappa shape index (κ1) is 22.2. The molecule has 0 fully saturated rings. The van der Waals surface area contributed by atoms with Crippen molar-refractivity contribution in [2.75, 3.05) is 26.1 Å². The highest BCUT2D eigenvalue weighted by Gasteiger charge is 2.33. The van der Waals surface area contributed by atoms with Gasteiger partial charge in [-0.2, -0.15) is 0 Å². The molecule has 0 unspecified atom stereocenters. The van der Waals surface area contributed by atoms with Crippen LogP contribution in [-0.4, -0.2) is 58.3 Å². The first-order chi connectivity index (χ1) is 13.2. The smallest absolute Gasteiger partial charge is 0.426 e. The zero-order chi connectivity index (χ0) is 20.9. The summed E-state index contributed by atoms with van der Waals surface area (Å²) in [5.41, 5.74) is 0.571. The molecule has 154 valence electrons. The van der Waals surface area contributed by atoms with Gasteiger partial charge in [0.1, 0.15) is 18.0 Å². The Labute approximate surface area is 173 Å². The minimum absolute atomic E-state index is 0.180. The second-order valence-electron chi connectivity index (χ2n) is 6.60. The van der Waals surface area contributed by atoms with Crippen LogP contribution in [0.2, 0.25) is 0 Å². The van der Waals surface area contributed by atoms with Crippen LogP contribution in [0.3, 0.4) is 0 Å². The molecule has 28 heavy (non-hydrogen) atoms. The highest BCUT2D eigenvalue weighted by atomic mass is 35.5. The number of hydrogen-bond donors (Lipinski definition) is 0. The van der Waals surface area contributed by atoms with Crippen LogP contribution >= 0.6 is 23.7 Å². The molecule has 0 radical (unpaired) electrons. The topological polar surface area (TPSA) is 85.4 Å². The molecule has 2 amide bonds. The predicted molar refractivity (Wildman–Crippen MR) is 105 cm³/mol. The molecule has 1 aromatic carbocycles. The SMILES string of the molecule is CCOC(=O)CN(SN(C)C(=O)Oc1cccc2c1OC(C)(C)C2)C(=O)CCl. The Kier molecular flexibility index (Phi) is 7.42. The summed E-state index contributed by atoms with van der Waals surface area (Å²) < 4.78 is 18.3. The molecular weight excluding hydrogens is 408 g/mol. The van der Waals surface area contributed by atoms with E-state index in [4.69, 9.17) is 25.8 Å². The van der Waals surface area contributed by atoms with E-state index in [1.165, 1.54) is 7.05 Å². The number of para-hydroxylation sites is 1. The lowest BCUT2D eigenvalue weighted by atomic mass is 10.0. The highest BCUT2D eigenvalue weighted by Crippen LogP contribution is 2.42. The molecule has 1 heterocycles. The van der Waals surface area contributed by atoms with Crippen LogP contribution < -0.4 is 9.47 Å². The Bertz CT molecular complexity index is 758. The zero-order valence-corrected chi connectivity index (χ0v) is 17.8. The van der Waals surface area contributed by atoms with E-state index >= 15 is 0 Å². The Hall–Kier alpha value is -2.13. The number of benzene rings is 1. The molecule has 0 N–H and O–H groups in total. The van der Waals surface area contributed by atoms with Gasteiger partial charge in [-0.05, 0) is 26.8 Å². The summed E-state index contributed by atoms with van der Waals surface area (Å²) in [6.45, 7) is 5.39. The van der Waals surface area contributed by atoms with Gasteiger partial charge in [-0.1, -0.05) is 12.1 Å². The average molecular weight is 431 g/mol. The fourth-order valence-electron chi connectivity index (χ4n) is 2.56. The molecule has 0 spiro atoms. The van der Waals surface area contributed by atoms with Crippen molar-refractivity contribution in [2.45, 2.75) is 32.8 Å². The highest BCUT2D eigenvalue weighted by molar-refractivity contribution is 7.95. The number of fused-ring (bicyclic) bond motifs is 1. The minimum Gasteiger partial charge on any atom is -0.483 e. The van der Waals surface area contributed by atoms with Gasteiger partial charge in [-0.15, -0.1) is 11.6 Å². The third-order valence-electron chi connectivity index (χ3n) is 3.70. The lowest BCUT2D eigenvalue weighted by Gasteiger charge is -2.24. The van der Waals surface area contributed by atoms with Gasteiger partial charge in [0.2, 0.25) is 5.91 Å². The van der Waals surface area contributed by atoms with Gasteiger partial charge in [-0.3, -0.25) is 13.9 Å². The van der Waals surface area contributed by atoms with Gasteiger partial charge in [0.15, 0.2) is 11.5 Å². The fraction of sp³-hybridized carbons (Fsp3) is 0.500. The van der Waals surface area contributed by atoms with Gasteiger partial charge in [0.25, 0.3) is 0 Å². The zero-order valence-electron chi connectivity index (χ0n) is 16.2. The summed E-state index contributed by atoms with van der Waals surface area (Å²) in [6.07, 6.45) is -0.0292. The normalized spacial score (nSPS) is 13.9. The standard InChI is InChI=1S/C18H23ClN2O6S/c1-5-25-15(23)11-21(14(22)10-19)28-20(4)17(24)26-13-8-6-7-12-9-18(2,3)27-16(12)13/h6-8H,5,9-11H2,1-4H3. The van der Waals surface area contributed by atoms with Gasteiger partial charge >= 0.3 is 12.1 Å². The first-order valence-corrected chi connectivity index (χ1v) is 9.89. The lowest BCUT2D eigenvalue weighted by molar-refractivity contribution is -0.145. The van der Waals surface area contributed by atoms with E-state index < -0.39 is 18.0 Å². The molecule has 10 heteroatoms. The van der Waals surface area contributed by atoms with E-state index in [2.05, 4.69) is 0 Å². The van der Waals surface area contributed by atoms with Crippen LogP contribution in [0.15, 0.2) is 18.2 Å². The van der Waals surface area contributed by atoms with Crippen LogP contribution in [0.1, 0.15) is 26.3 Å². The van der Waals surface area contributed by atoms with E-state index in [9.17, 15) is 14.4 Å². The van der Waals surface area contributed by atoms with E-state index in [-0.39, 0.29) is 24.6 Å². The average Bonchev–Trinajstić information content (AvgIpc) is 2.95. The molecule has 0 atom stereocenters. The number of rotatable bonds is 7. The Balaban J connectivity index is 2.05. The van der Waals surface area contributed by atoms with Gasteiger partial charge < -0.3 is 14.2 Å². The van der Waals surface area contributed by atoms with Crippen LogP contribution in [-0.2, 0) is 20.7 Å². The lowest BCUT2D eigenvalue weighted by Crippen LogP contribution is -2.37. The monoisotopic (exact) mass is 430 g/mol. The Morgan fingerprint density at radius 3 is 2.68 bits per heavy atom. The quantitative estimate of drug-likeness (QED) is 0.373. The predicted octanol–water partition coefficient (Wildman–Crippen LogP) is 3.02. The fourth-order valence-corrected chi connectivity index (χ4v) is 3.49. The van der Waals surface area contributed by atoms with Crippen LogP contribution in [0.5, 0.6) is 11.5 Å². The summed E-state index contributed by atoms with van der Waals surface area (Å²) in [4.78, 5) is 36.1. The van der Waals surface area contributed by atoms with Crippen LogP contribution in [0.25, 0.3) is 0 Å². The summed E-state index contributed by atoms with van der Waals surface area (Å²) in [7, 11) is 1.42. The molecule has 8 nitrogen and oxygen atoms in total. The van der Waals surface area contributed by atoms with Crippen molar-refractivity contribution in [3.8, 4) is 11.5 Å². The van der Waals surface area contributed by atoms with E-state index in [0.717, 1.165) is 14.2 Å². The molecular formula is C18H23ClN2O6S. The summed E-state index contributed by atoms with van der Waals surface area (Å²) in [5, 5.41) is 0. The van der Waals surface area contributed by atoms with E-state index in [0.29, 0.717) is 30.1 Å². The first-order valence-electron chi connectivity index (χ1n) is 8.63. The van der Waals surface area contributed by atoms with Crippen molar-refractivity contribution >= 4 is 41.7 Å². The number of hydrogen-bond acceptors (Lipinski definition) is 7. The number of ether oxygens (including phenoxy) is 3. The molecule has 0 saturated heterocycles. The maximum absolute atomic E-state index is 12.5. The molecule has 1 aliphatic heterocycles. The van der Waals surface area contributed by atoms with Crippen molar-refractivity contribution in [3.05, 3.63) is 23.8 Å². The van der Waals surface area contributed by atoms with Crippen molar-refractivity contribution in [1.82, 2.24) is 8.61 Å². The Morgan fingerprint density at radius 1 is 1.32 bits per heavy atom. The second-order valence-corrected chi connectivity index (χ2v) is 8.02. The number of carbonyl (C=O) groups excluding carboxylic acids is 3. The van der Waals surface area contributed by atoms with Crippen molar-refractivity contribution in [1.29, 1.82) is 0 Å². The molecule has 0 aliphatic carbocycles. The number of nitrogens with zero attached hydrogens (tertiary/aromatic N) is 2. The molecule has 1 aromatic rings. The van der Waals surface area contributed by atoms with Gasteiger partial charge in [0, 0.05) is 19.0 Å². The van der Waals surface area contributed by atoms with E-state index in [1.807, 2.05) is 19.9 Å². The van der Waals surface area contributed by atoms with Crippen molar-refractivity contribution < 1.29 is 28.6 Å². The number of halogens is 1. The minimum atomic E-state index is -0.733. The summed E-state index contributed by atoms with van der Waals surface area (Å²) in [5.74, 6) is -0.665. The molecule has 2 rings (SSSR count). The molecule has 0 aromatic heterocycles. The van der Waals surface area contributed by atoms with Crippen LogP contribution in [0, 0.1) is 0 Å². The largest absolute Gasteiger partial charge is 0.483 e.